The van der Waals surface area contributed by atoms with Crippen molar-refractivity contribution >= 4 is 21.6 Å². The van der Waals surface area contributed by atoms with E-state index in [1.54, 1.807) is 0 Å². The Morgan fingerprint density at radius 1 is 1.09 bits per heavy atom. The lowest BCUT2D eigenvalue weighted by molar-refractivity contribution is -0.124. The summed E-state index contributed by atoms with van der Waals surface area (Å²) in [5.74, 6) is -0.139. The maximum absolute atomic E-state index is 12.7. The normalized spacial score (nSPS) is 20.1. The van der Waals surface area contributed by atoms with Crippen LogP contribution in [-0.4, -0.2) is 35.8 Å². The van der Waals surface area contributed by atoms with Crippen molar-refractivity contribution in [3.63, 3.8) is 0 Å². The van der Waals surface area contributed by atoms with Crippen LogP contribution in [0, 0.1) is 0 Å². The number of rotatable bonds is 4. The van der Waals surface area contributed by atoms with Gasteiger partial charge < -0.3 is 5.32 Å². The highest BCUT2D eigenvalue weighted by Gasteiger charge is 2.69. The van der Waals surface area contributed by atoms with E-state index in [0.29, 0.717) is 5.69 Å². The minimum atomic E-state index is -3.73. The molecule has 0 atom stereocenters. The van der Waals surface area contributed by atoms with E-state index >= 15 is 0 Å². The van der Waals surface area contributed by atoms with Gasteiger partial charge >= 0.3 is 0 Å². The summed E-state index contributed by atoms with van der Waals surface area (Å²) in [7, 11) is -3.73. The third-order valence-corrected chi connectivity index (χ3v) is 6.05. The molecular formula is C16H25N3O3S. The van der Waals surface area contributed by atoms with Crippen LogP contribution in [-0.2, 0) is 14.8 Å². The maximum Gasteiger partial charge on any atom is 0.244 e. The van der Waals surface area contributed by atoms with Gasteiger partial charge in [0.1, 0.15) is 0 Å². The minimum Gasteiger partial charge on any atom is -0.324 e. The van der Waals surface area contributed by atoms with E-state index in [-0.39, 0.29) is 21.9 Å². The number of primary sulfonamides is 1. The molecule has 1 heterocycles. The molecule has 0 saturated carbocycles. The Bertz CT molecular complexity index is 720. The summed E-state index contributed by atoms with van der Waals surface area (Å²) in [6.45, 7) is 12.2. The Hall–Kier alpha value is -1.44. The van der Waals surface area contributed by atoms with Crippen LogP contribution in [0.5, 0.6) is 0 Å². The standard InChI is InChI=1S/C16H25N3O3S/c1-14(2,19-15(3,4)16(19,5)6)13(20)18-11-7-9-12(10-8-11)23(17,21)22/h7-10H,1-6H3,(H,18,20)(H2,17,21,22). The van der Waals surface area contributed by atoms with Crippen LogP contribution < -0.4 is 10.5 Å². The lowest BCUT2D eigenvalue weighted by Gasteiger charge is -2.29. The highest BCUT2D eigenvalue weighted by atomic mass is 32.2. The molecule has 1 aliphatic rings. The number of nitrogens with one attached hydrogen (secondary N) is 1. The number of carbonyl (C=O) groups is 1. The monoisotopic (exact) mass is 339 g/mol. The van der Waals surface area contributed by atoms with Gasteiger partial charge in [-0.15, -0.1) is 0 Å². The van der Waals surface area contributed by atoms with E-state index in [2.05, 4.69) is 37.9 Å². The molecule has 1 aliphatic heterocycles. The van der Waals surface area contributed by atoms with Crippen molar-refractivity contribution in [3.8, 4) is 0 Å². The van der Waals surface area contributed by atoms with Gasteiger partial charge in [-0.1, -0.05) is 0 Å². The largest absolute Gasteiger partial charge is 0.324 e. The molecule has 0 aliphatic carbocycles. The van der Waals surface area contributed by atoms with Gasteiger partial charge in [0.2, 0.25) is 15.9 Å². The van der Waals surface area contributed by atoms with Crippen molar-refractivity contribution in [2.45, 2.75) is 63.1 Å². The average molecular weight is 339 g/mol. The molecule has 0 aromatic heterocycles. The zero-order chi connectivity index (χ0) is 17.8. The van der Waals surface area contributed by atoms with E-state index in [4.69, 9.17) is 5.14 Å². The number of carbonyl (C=O) groups excluding carboxylic acids is 1. The SMILES string of the molecule is CC(C)(C(=O)Nc1ccc(S(N)(=O)=O)cc1)N1C(C)(C)C1(C)C. The van der Waals surface area contributed by atoms with Gasteiger partial charge in [0.15, 0.2) is 0 Å². The van der Waals surface area contributed by atoms with E-state index < -0.39 is 15.6 Å². The number of hydrogen-bond acceptors (Lipinski definition) is 4. The summed E-state index contributed by atoms with van der Waals surface area (Å²) in [5.41, 5.74) is -0.282. The fourth-order valence-corrected chi connectivity index (χ4v) is 3.95. The predicted octanol–water partition coefficient (Wildman–Crippen LogP) is 1.92. The number of hydrogen-bond donors (Lipinski definition) is 2. The third-order valence-electron chi connectivity index (χ3n) is 5.12. The van der Waals surface area contributed by atoms with Gasteiger partial charge in [0, 0.05) is 16.8 Å². The second-order valence-electron chi connectivity index (χ2n) is 7.54. The Morgan fingerprint density at radius 2 is 1.52 bits per heavy atom. The molecule has 3 N–H and O–H groups in total. The molecule has 1 fully saturated rings. The number of benzene rings is 1. The Kier molecular flexibility index (Phi) is 3.91. The molecule has 1 aromatic rings. The smallest absolute Gasteiger partial charge is 0.244 e. The lowest BCUT2D eigenvalue weighted by Crippen LogP contribution is -2.47. The first-order valence-electron chi connectivity index (χ1n) is 7.47. The molecule has 128 valence electrons. The summed E-state index contributed by atoms with van der Waals surface area (Å²) in [6.07, 6.45) is 0. The summed E-state index contributed by atoms with van der Waals surface area (Å²) >= 11 is 0. The molecule has 2 rings (SSSR count). The van der Waals surface area contributed by atoms with Crippen molar-refractivity contribution in [1.29, 1.82) is 0 Å². The quantitative estimate of drug-likeness (QED) is 0.820. The third kappa shape index (κ3) is 2.88. The highest BCUT2D eigenvalue weighted by molar-refractivity contribution is 7.89. The molecule has 0 spiro atoms. The van der Waals surface area contributed by atoms with Crippen molar-refractivity contribution in [1.82, 2.24) is 4.90 Å². The fourth-order valence-electron chi connectivity index (χ4n) is 3.43. The van der Waals surface area contributed by atoms with Crippen LogP contribution >= 0.6 is 0 Å². The van der Waals surface area contributed by atoms with E-state index in [1.165, 1.54) is 24.3 Å². The van der Waals surface area contributed by atoms with Crippen LogP contribution in [0.25, 0.3) is 0 Å². The summed E-state index contributed by atoms with van der Waals surface area (Å²) in [4.78, 5) is 14.9. The zero-order valence-electron chi connectivity index (χ0n) is 14.5. The van der Waals surface area contributed by atoms with Gasteiger partial charge in [0.25, 0.3) is 0 Å². The lowest BCUT2D eigenvalue weighted by atomic mass is 10.0. The van der Waals surface area contributed by atoms with Crippen molar-refractivity contribution < 1.29 is 13.2 Å². The molecule has 0 unspecified atom stereocenters. The van der Waals surface area contributed by atoms with Crippen LogP contribution in [0.1, 0.15) is 41.5 Å². The van der Waals surface area contributed by atoms with Crippen LogP contribution in [0.15, 0.2) is 29.2 Å². The highest BCUT2D eigenvalue weighted by Crippen LogP contribution is 2.55. The van der Waals surface area contributed by atoms with Crippen LogP contribution in [0.4, 0.5) is 5.69 Å². The Labute approximate surface area is 138 Å². The van der Waals surface area contributed by atoms with Gasteiger partial charge in [-0.25, -0.2) is 13.6 Å². The van der Waals surface area contributed by atoms with Gasteiger partial charge in [-0.3, -0.25) is 9.69 Å². The number of nitrogens with zero attached hydrogens (tertiary/aromatic N) is 1. The van der Waals surface area contributed by atoms with Crippen LogP contribution in [0.3, 0.4) is 0 Å². The second-order valence-corrected chi connectivity index (χ2v) is 9.10. The van der Waals surface area contributed by atoms with Gasteiger partial charge in [-0.2, -0.15) is 0 Å². The molecule has 7 heteroatoms. The van der Waals surface area contributed by atoms with E-state index in [0.717, 1.165) is 0 Å². The molecule has 0 bridgehead atoms. The number of amides is 1. The zero-order valence-corrected chi connectivity index (χ0v) is 15.3. The molecular weight excluding hydrogens is 314 g/mol. The first-order chi connectivity index (χ1) is 10.2. The first-order valence-corrected chi connectivity index (χ1v) is 9.02. The average Bonchev–Trinajstić information content (AvgIpc) is 2.79. The predicted molar refractivity (Wildman–Crippen MR) is 90.5 cm³/mol. The number of anilines is 1. The molecule has 23 heavy (non-hydrogen) atoms. The summed E-state index contributed by atoms with van der Waals surface area (Å²) in [5, 5.41) is 7.90. The fraction of sp³-hybridized carbons (Fsp3) is 0.562. The molecule has 1 saturated heterocycles. The van der Waals surface area contributed by atoms with Gasteiger partial charge in [-0.05, 0) is 65.8 Å². The second kappa shape index (κ2) is 5.03. The van der Waals surface area contributed by atoms with Gasteiger partial charge in [0.05, 0.1) is 10.4 Å². The minimum absolute atomic E-state index is 0.0166. The molecule has 0 radical (unpaired) electrons. The molecule has 1 amide bonds. The topological polar surface area (TPSA) is 92.3 Å². The maximum atomic E-state index is 12.7. The van der Waals surface area contributed by atoms with E-state index in [9.17, 15) is 13.2 Å². The van der Waals surface area contributed by atoms with Crippen molar-refractivity contribution in [3.05, 3.63) is 24.3 Å². The first kappa shape index (κ1) is 17.9. The van der Waals surface area contributed by atoms with Crippen molar-refractivity contribution in [2.24, 2.45) is 5.14 Å². The van der Waals surface area contributed by atoms with E-state index in [1.807, 2.05) is 13.8 Å². The molecule has 6 nitrogen and oxygen atoms in total. The van der Waals surface area contributed by atoms with Crippen molar-refractivity contribution in [2.75, 3.05) is 5.32 Å². The Morgan fingerprint density at radius 3 is 1.87 bits per heavy atom. The number of nitrogens with two attached hydrogens (primary N) is 1. The summed E-state index contributed by atoms with van der Waals surface area (Å²) in [6, 6.07) is 5.82. The van der Waals surface area contributed by atoms with Crippen LogP contribution in [0.2, 0.25) is 0 Å². The molecule has 1 aromatic carbocycles. The number of sulfonamides is 1. The Balaban J connectivity index is 2.16. The summed E-state index contributed by atoms with van der Waals surface area (Å²) < 4.78 is 22.5.